The molecular weight excluding hydrogens is 252 g/mol. The highest BCUT2D eigenvalue weighted by Crippen LogP contribution is 2.17. The Kier molecular flexibility index (Phi) is 3.28. The molecule has 0 atom stereocenters. The molecule has 0 spiro atoms. The molecule has 0 saturated heterocycles. The maximum absolute atomic E-state index is 10.3. The van der Waals surface area contributed by atoms with E-state index in [0.717, 1.165) is 5.69 Å². The van der Waals surface area contributed by atoms with Gasteiger partial charge in [0.2, 0.25) is 5.96 Å². The average Bonchev–Trinajstić information content (AvgIpc) is 2.89. The highest BCUT2D eigenvalue weighted by atomic mass is 17.0. The maximum atomic E-state index is 10.3. The van der Waals surface area contributed by atoms with E-state index >= 15 is 0 Å². The van der Waals surface area contributed by atoms with Crippen LogP contribution >= 0.6 is 0 Å². The summed E-state index contributed by atoms with van der Waals surface area (Å²) in [6.45, 7) is 0. The minimum atomic E-state index is -1.04. The molecule has 1 aromatic carbocycles. The molecule has 0 bridgehead atoms. The third kappa shape index (κ3) is 2.77. The Hall–Kier alpha value is -3.10. The van der Waals surface area contributed by atoms with Crippen LogP contribution in [0.4, 0.5) is 5.69 Å². The largest absolute Gasteiger partial charge is 0.368 e. The van der Waals surface area contributed by atoms with Gasteiger partial charge in [0, 0.05) is 18.1 Å². The van der Waals surface area contributed by atoms with E-state index in [4.69, 9.17) is 11.1 Å². The number of anilines is 1. The van der Waals surface area contributed by atoms with E-state index in [2.05, 4.69) is 9.92 Å². The third-order valence-corrected chi connectivity index (χ3v) is 2.25. The van der Waals surface area contributed by atoms with Crippen LogP contribution in [0.25, 0.3) is 5.69 Å². The van der Waals surface area contributed by atoms with Crippen molar-refractivity contribution < 1.29 is 10.0 Å². The molecular formula is C10H10N6O3. The quantitative estimate of drug-likeness (QED) is 0.361. The average molecular weight is 262 g/mol. The molecule has 1 heterocycles. The van der Waals surface area contributed by atoms with E-state index in [0.29, 0.717) is 5.06 Å². The van der Waals surface area contributed by atoms with E-state index in [-0.39, 0.29) is 5.69 Å². The number of benzene rings is 1. The Balaban J connectivity index is 2.25. The van der Waals surface area contributed by atoms with Crippen molar-refractivity contribution in [1.29, 1.82) is 5.41 Å². The normalized spacial score (nSPS) is 9.89. The Bertz CT molecular complexity index is 580. The van der Waals surface area contributed by atoms with Crippen LogP contribution in [-0.2, 0) is 4.94 Å². The van der Waals surface area contributed by atoms with Gasteiger partial charge < -0.3 is 10.3 Å². The molecule has 9 nitrogen and oxygen atoms in total. The highest BCUT2D eigenvalue weighted by Gasteiger charge is 2.14. The molecule has 0 radical (unpaired) electrons. The molecule has 2 rings (SSSR count). The van der Waals surface area contributed by atoms with Crippen LogP contribution in [0, 0.1) is 15.5 Å². The lowest BCUT2D eigenvalue weighted by Crippen LogP contribution is -2.38. The smallest absolute Gasteiger partial charge is 0.317 e. The van der Waals surface area contributed by atoms with Crippen molar-refractivity contribution in [2.75, 3.05) is 5.06 Å². The van der Waals surface area contributed by atoms with Crippen molar-refractivity contribution in [3.63, 3.8) is 0 Å². The maximum Gasteiger partial charge on any atom is 0.317 e. The number of imidazole rings is 1. The van der Waals surface area contributed by atoms with Gasteiger partial charge in [0.25, 0.3) is 0 Å². The summed E-state index contributed by atoms with van der Waals surface area (Å²) in [5.41, 5.74) is 6.30. The van der Waals surface area contributed by atoms with Gasteiger partial charge in [0.1, 0.15) is 0 Å². The number of hydrogen-bond acceptors (Lipinski definition) is 5. The van der Waals surface area contributed by atoms with Gasteiger partial charge in [-0.2, -0.15) is 4.94 Å². The van der Waals surface area contributed by atoms with E-state index in [1.165, 1.54) is 0 Å². The Morgan fingerprint density at radius 1 is 1.47 bits per heavy atom. The number of hydrogen-bond donors (Lipinski definition) is 2. The zero-order chi connectivity index (χ0) is 13.8. The van der Waals surface area contributed by atoms with Gasteiger partial charge in [-0.05, 0) is 24.3 Å². The van der Waals surface area contributed by atoms with Gasteiger partial charge >= 0.3 is 5.09 Å². The Morgan fingerprint density at radius 3 is 2.63 bits per heavy atom. The molecule has 0 aliphatic heterocycles. The molecule has 9 heteroatoms. The third-order valence-electron chi connectivity index (χ3n) is 2.25. The number of aromatic nitrogens is 2. The van der Waals surface area contributed by atoms with Crippen molar-refractivity contribution in [1.82, 2.24) is 9.55 Å². The lowest BCUT2D eigenvalue weighted by Gasteiger charge is -2.18. The summed E-state index contributed by atoms with van der Waals surface area (Å²) in [5, 5.41) is 17.1. The van der Waals surface area contributed by atoms with Gasteiger partial charge in [-0.1, -0.05) is 0 Å². The van der Waals surface area contributed by atoms with Crippen molar-refractivity contribution in [3.8, 4) is 5.69 Å². The van der Waals surface area contributed by atoms with E-state index in [9.17, 15) is 10.1 Å². The summed E-state index contributed by atoms with van der Waals surface area (Å²) in [4.78, 5) is 18.4. The second kappa shape index (κ2) is 5.04. The van der Waals surface area contributed by atoms with Crippen molar-refractivity contribution in [3.05, 3.63) is 53.1 Å². The number of nitrogens with two attached hydrogens (primary N) is 1. The first-order valence-corrected chi connectivity index (χ1v) is 5.13. The second-order valence-electron chi connectivity index (χ2n) is 3.47. The number of hydroxylamine groups is 1. The highest BCUT2D eigenvalue weighted by molar-refractivity contribution is 5.90. The van der Waals surface area contributed by atoms with Crippen LogP contribution in [0.1, 0.15) is 0 Å². The van der Waals surface area contributed by atoms with Gasteiger partial charge in [-0.15, -0.1) is 15.2 Å². The van der Waals surface area contributed by atoms with Crippen LogP contribution in [0.2, 0.25) is 0 Å². The van der Waals surface area contributed by atoms with Crippen molar-refractivity contribution >= 4 is 11.6 Å². The molecule has 0 amide bonds. The fraction of sp³-hybridized carbons (Fsp3) is 0. The minimum absolute atomic E-state index is 0.271. The minimum Gasteiger partial charge on any atom is -0.368 e. The van der Waals surface area contributed by atoms with E-state index < -0.39 is 11.0 Å². The molecule has 0 fully saturated rings. The van der Waals surface area contributed by atoms with Gasteiger partial charge in [0.05, 0.1) is 12.0 Å². The Morgan fingerprint density at radius 2 is 2.16 bits per heavy atom. The Labute approximate surface area is 107 Å². The lowest BCUT2D eigenvalue weighted by molar-refractivity contribution is -0.758. The van der Waals surface area contributed by atoms with E-state index in [1.54, 1.807) is 47.6 Å². The van der Waals surface area contributed by atoms with Gasteiger partial charge in [-0.3, -0.25) is 5.41 Å². The lowest BCUT2D eigenvalue weighted by atomic mass is 10.3. The van der Waals surface area contributed by atoms with Crippen LogP contribution in [0.15, 0.2) is 43.0 Å². The topological polar surface area (TPSA) is 123 Å². The summed E-state index contributed by atoms with van der Waals surface area (Å²) < 4.78 is 1.76. The number of nitrogens with zero attached hydrogens (tertiary/aromatic N) is 4. The van der Waals surface area contributed by atoms with Crippen molar-refractivity contribution in [2.24, 2.45) is 5.73 Å². The van der Waals surface area contributed by atoms with Gasteiger partial charge in [-0.25, -0.2) is 4.98 Å². The predicted molar refractivity (Wildman–Crippen MR) is 66.0 cm³/mol. The zero-order valence-electron chi connectivity index (χ0n) is 9.63. The SMILES string of the molecule is N=C(N)N(O[N+](=O)[O-])c1ccc(-n2ccnc2)cc1. The molecule has 2 aromatic rings. The molecule has 0 aliphatic carbocycles. The summed E-state index contributed by atoms with van der Waals surface area (Å²) >= 11 is 0. The van der Waals surface area contributed by atoms with Crippen LogP contribution in [-0.4, -0.2) is 20.6 Å². The molecule has 19 heavy (non-hydrogen) atoms. The number of rotatable bonds is 4. The van der Waals surface area contributed by atoms with E-state index in [1.807, 2.05) is 0 Å². The molecule has 0 unspecified atom stereocenters. The van der Waals surface area contributed by atoms with Gasteiger partial charge in [0.15, 0.2) is 0 Å². The first-order chi connectivity index (χ1) is 9.08. The second-order valence-corrected chi connectivity index (χ2v) is 3.47. The van der Waals surface area contributed by atoms with Crippen molar-refractivity contribution in [2.45, 2.75) is 0 Å². The number of nitrogens with one attached hydrogen (secondary N) is 1. The predicted octanol–water partition coefficient (Wildman–Crippen LogP) is 0.695. The molecule has 0 aliphatic rings. The molecule has 98 valence electrons. The monoisotopic (exact) mass is 262 g/mol. The van der Waals surface area contributed by atoms with Crippen LogP contribution in [0.3, 0.4) is 0 Å². The summed E-state index contributed by atoms with van der Waals surface area (Å²) in [7, 11) is 0. The summed E-state index contributed by atoms with van der Waals surface area (Å²) in [6.07, 6.45) is 5.00. The molecule has 0 saturated carbocycles. The van der Waals surface area contributed by atoms with Crippen LogP contribution < -0.4 is 10.8 Å². The summed E-state index contributed by atoms with van der Waals surface area (Å²) in [5.74, 6) is -0.591. The first kappa shape index (κ1) is 12.4. The molecule has 3 N–H and O–H groups in total. The fourth-order valence-electron chi connectivity index (χ4n) is 1.47. The zero-order valence-corrected chi connectivity index (χ0v) is 9.63. The summed E-state index contributed by atoms with van der Waals surface area (Å²) in [6, 6.07) is 6.47. The number of guanidine groups is 1. The standard InChI is InChI=1S/C10H10N6O3/c11-10(12)15(19-16(17)18)9-3-1-8(2-4-9)14-6-5-13-7-14/h1-7H,(H3,11,12). The fourth-order valence-corrected chi connectivity index (χ4v) is 1.47. The first-order valence-electron chi connectivity index (χ1n) is 5.13. The van der Waals surface area contributed by atoms with Crippen LogP contribution in [0.5, 0.6) is 0 Å². The molecule has 1 aromatic heterocycles.